The molecule has 0 unspecified atom stereocenters. The van der Waals surface area contributed by atoms with Gasteiger partial charge in [0.15, 0.2) is 0 Å². The molecule has 0 spiro atoms. The van der Waals surface area contributed by atoms with Gasteiger partial charge >= 0.3 is 0 Å². The van der Waals surface area contributed by atoms with Crippen LogP contribution in [-0.4, -0.2) is 19.0 Å². The maximum Gasteiger partial charge on any atom is 0.216 e. The topological polar surface area (TPSA) is 30.8 Å². The van der Waals surface area contributed by atoms with Gasteiger partial charge in [0, 0.05) is 5.56 Å². The lowest BCUT2D eigenvalue weighted by molar-refractivity contribution is 0.306. The quantitative estimate of drug-likeness (QED) is 0.835. The number of rotatable bonds is 5. The van der Waals surface area contributed by atoms with Gasteiger partial charge in [-0.1, -0.05) is 30.9 Å². The van der Waals surface area contributed by atoms with Gasteiger partial charge in [-0.3, -0.25) is 0 Å². The van der Waals surface area contributed by atoms with Crippen LogP contribution < -0.4 is 4.74 Å². The number of ether oxygens (including phenoxy) is 2. The summed E-state index contributed by atoms with van der Waals surface area (Å²) in [5, 5.41) is 0. The van der Waals surface area contributed by atoms with Crippen LogP contribution in [0.3, 0.4) is 0 Å². The Kier molecular flexibility index (Phi) is 4.01. The van der Waals surface area contributed by atoms with Gasteiger partial charge in [-0.05, 0) is 41.5 Å². The Morgan fingerprint density at radius 1 is 1.19 bits per heavy atom. The highest BCUT2D eigenvalue weighted by atomic mass is 16.5. The molecule has 2 aromatic rings. The SMILES string of the molecule is C=Cc1cccc(COc2ccc(C3=NCCO3)cc2)c1. The molecule has 3 nitrogen and oxygen atoms in total. The van der Waals surface area contributed by atoms with Crippen molar-refractivity contribution < 1.29 is 9.47 Å². The summed E-state index contributed by atoms with van der Waals surface area (Å²) in [5.41, 5.74) is 3.22. The summed E-state index contributed by atoms with van der Waals surface area (Å²) in [6.45, 7) is 5.73. The van der Waals surface area contributed by atoms with E-state index >= 15 is 0 Å². The molecule has 2 aromatic carbocycles. The van der Waals surface area contributed by atoms with E-state index in [-0.39, 0.29) is 0 Å². The molecule has 21 heavy (non-hydrogen) atoms. The summed E-state index contributed by atoms with van der Waals surface area (Å²) in [6, 6.07) is 16.0. The van der Waals surface area contributed by atoms with Crippen molar-refractivity contribution in [2.75, 3.05) is 13.2 Å². The van der Waals surface area contributed by atoms with E-state index in [4.69, 9.17) is 9.47 Å². The van der Waals surface area contributed by atoms with Crippen LogP contribution in [0, 0.1) is 0 Å². The summed E-state index contributed by atoms with van der Waals surface area (Å²) in [7, 11) is 0. The van der Waals surface area contributed by atoms with Crippen molar-refractivity contribution in [3.8, 4) is 5.75 Å². The third-order valence-corrected chi connectivity index (χ3v) is 3.28. The van der Waals surface area contributed by atoms with Gasteiger partial charge in [0.2, 0.25) is 5.90 Å². The van der Waals surface area contributed by atoms with Gasteiger partial charge in [-0.15, -0.1) is 0 Å². The Morgan fingerprint density at radius 2 is 2.05 bits per heavy atom. The second-order valence-electron chi connectivity index (χ2n) is 4.80. The standard InChI is InChI=1S/C18H17NO2/c1-2-14-4-3-5-15(12-14)13-21-17-8-6-16(7-9-17)18-19-10-11-20-18/h2-9,12H,1,10-11,13H2. The van der Waals surface area contributed by atoms with Gasteiger partial charge < -0.3 is 9.47 Å². The molecule has 1 aliphatic rings. The van der Waals surface area contributed by atoms with Crippen LogP contribution in [0.25, 0.3) is 6.08 Å². The molecule has 0 saturated heterocycles. The minimum absolute atomic E-state index is 0.540. The lowest BCUT2D eigenvalue weighted by Gasteiger charge is -2.08. The molecule has 1 heterocycles. The first-order valence-corrected chi connectivity index (χ1v) is 6.97. The summed E-state index contributed by atoms with van der Waals surface area (Å²) >= 11 is 0. The fourth-order valence-electron chi connectivity index (χ4n) is 2.18. The van der Waals surface area contributed by atoms with E-state index < -0.39 is 0 Å². The first kappa shape index (κ1) is 13.4. The Labute approximate surface area is 124 Å². The smallest absolute Gasteiger partial charge is 0.216 e. The Hall–Kier alpha value is -2.55. The second-order valence-corrected chi connectivity index (χ2v) is 4.80. The van der Waals surface area contributed by atoms with E-state index in [1.165, 1.54) is 0 Å². The number of hydrogen-bond donors (Lipinski definition) is 0. The molecule has 0 N–H and O–H groups in total. The average molecular weight is 279 g/mol. The van der Waals surface area contributed by atoms with Crippen molar-refractivity contribution >= 4 is 12.0 Å². The van der Waals surface area contributed by atoms with Crippen molar-refractivity contribution in [1.82, 2.24) is 0 Å². The lowest BCUT2D eigenvalue weighted by Crippen LogP contribution is -2.01. The third kappa shape index (κ3) is 3.31. The zero-order valence-electron chi connectivity index (χ0n) is 11.8. The fourth-order valence-corrected chi connectivity index (χ4v) is 2.18. The monoisotopic (exact) mass is 279 g/mol. The van der Waals surface area contributed by atoms with Crippen molar-refractivity contribution in [3.05, 3.63) is 71.8 Å². The third-order valence-electron chi connectivity index (χ3n) is 3.28. The maximum absolute atomic E-state index is 5.79. The molecule has 0 amide bonds. The van der Waals surface area contributed by atoms with Gasteiger partial charge in [-0.25, -0.2) is 4.99 Å². The van der Waals surface area contributed by atoms with E-state index in [0.717, 1.165) is 34.9 Å². The normalized spacial score (nSPS) is 13.4. The number of benzene rings is 2. The maximum atomic E-state index is 5.79. The molecule has 1 aliphatic heterocycles. The first-order chi connectivity index (χ1) is 10.3. The fraction of sp³-hybridized carbons (Fsp3) is 0.167. The van der Waals surface area contributed by atoms with E-state index in [2.05, 4.69) is 17.6 Å². The number of hydrogen-bond acceptors (Lipinski definition) is 3. The molecule has 0 aliphatic carbocycles. The van der Waals surface area contributed by atoms with E-state index in [1.807, 2.05) is 48.5 Å². The van der Waals surface area contributed by atoms with Crippen molar-refractivity contribution in [1.29, 1.82) is 0 Å². The van der Waals surface area contributed by atoms with E-state index in [9.17, 15) is 0 Å². The highest BCUT2D eigenvalue weighted by Crippen LogP contribution is 2.17. The Morgan fingerprint density at radius 3 is 2.76 bits per heavy atom. The molecule has 3 heteroatoms. The van der Waals surface area contributed by atoms with Crippen LogP contribution >= 0.6 is 0 Å². The molecule has 0 bridgehead atoms. The molecular weight excluding hydrogens is 262 g/mol. The summed E-state index contributed by atoms with van der Waals surface area (Å²) in [5.74, 6) is 1.56. The average Bonchev–Trinajstić information content (AvgIpc) is 3.08. The van der Waals surface area contributed by atoms with Crippen molar-refractivity contribution in [3.63, 3.8) is 0 Å². The number of nitrogens with zero attached hydrogens (tertiary/aromatic N) is 1. The van der Waals surface area contributed by atoms with Crippen molar-refractivity contribution in [2.24, 2.45) is 4.99 Å². The lowest BCUT2D eigenvalue weighted by atomic mass is 10.1. The molecule has 0 radical (unpaired) electrons. The molecule has 0 atom stereocenters. The second kappa shape index (κ2) is 6.27. The minimum atomic E-state index is 0.540. The Bertz CT molecular complexity index is 659. The minimum Gasteiger partial charge on any atom is -0.489 e. The van der Waals surface area contributed by atoms with Crippen LogP contribution in [0.5, 0.6) is 5.75 Å². The Balaban J connectivity index is 1.63. The molecule has 0 fully saturated rings. The highest BCUT2D eigenvalue weighted by molar-refractivity contribution is 5.94. The van der Waals surface area contributed by atoms with Crippen molar-refractivity contribution in [2.45, 2.75) is 6.61 Å². The predicted octanol–water partition coefficient (Wildman–Crippen LogP) is 3.69. The molecular formula is C18H17NO2. The van der Waals surface area contributed by atoms with Gasteiger partial charge in [-0.2, -0.15) is 0 Å². The first-order valence-electron chi connectivity index (χ1n) is 6.97. The highest BCUT2D eigenvalue weighted by Gasteiger charge is 2.09. The summed E-state index contributed by atoms with van der Waals surface area (Å²) in [6.07, 6.45) is 1.83. The predicted molar refractivity (Wildman–Crippen MR) is 84.7 cm³/mol. The van der Waals surface area contributed by atoms with E-state index in [1.54, 1.807) is 0 Å². The van der Waals surface area contributed by atoms with Crippen LogP contribution in [0.2, 0.25) is 0 Å². The molecule has 0 saturated carbocycles. The zero-order chi connectivity index (χ0) is 14.5. The van der Waals surface area contributed by atoms with E-state index in [0.29, 0.717) is 13.2 Å². The van der Waals surface area contributed by atoms with Crippen LogP contribution in [0.15, 0.2) is 60.1 Å². The summed E-state index contributed by atoms with van der Waals surface area (Å²) < 4.78 is 11.2. The van der Waals surface area contributed by atoms with Crippen LogP contribution in [0.1, 0.15) is 16.7 Å². The van der Waals surface area contributed by atoms with Gasteiger partial charge in [0.1, 0.15) is 19.0 Å². The van der Waals surface area contributed by atoms with Crippen LogP contribution in [0.4, 0.5) is 0 Å². The molecule has 106 valence electrons. The molecule has 0 aromatic heterocycles. The van der Waals surface area contributed by atoms with Gasteiger partial charge in [0.05, 0.1) is 6.54 Å². The molecule has 3 rings (SSSR count). The zero-order valence-corrected chi connectivity index (χ0v) is 11.8. The largest absolute Gasteiger partial charge is 0.489 e. The van der Waals surface area contributed by atoms with Gasteiger partial charge in [0.25, 0.3) is 0 Å². The van der Waals surface area contributed by atoms with Crippen LogP contribution in [-0.2, 0) is 11.3 Å². The summed E-state index contributed by atoms with van der Waals surface area (Å²) in [4.78, 5) is 4.29. The number of aliphatic imine (C=N–C) groups is 1.